The number of nitrogens with zero attached hydrogens (tertiary/aromatic N) is 1. The summed E-state index contributed by atoms with van der Waals surface area (Å²) in [6, 6.07) is 8.64. The maximum atomic E-state index is 9.78. The van der Waals surface area contributed by atoms with Gasteiger partial charge in [0.05, 0.1) is 6.10 Å². The van der Waals surface area contributed by atoms with Crippen LogP contribution < -0.4 is 4.74 Å². The van der Waals surface area contributed by atoms with Gasteiger partial charge in [0.15, 0.2) is 0 Å². The molecule has 0 radical (unpaired) electrons. The number of rotatable bonds is 3. The summed E-state index contributed by atoms with van der Waals surface area (Å²) in [5.41, 5.74) is 1.13. The van der Waals surface area contributed by atoms with Gasteiger partial charge in [0.2, 0.25) is 0 Å². The van der Waals surface area contributed by atoms with Crippen molar-refractivity contribution >= 4 is 10.9 Å². The molecule has 1 aromatic carbocycles. The molecule has 112 valence electrons. The van der Waals surface area contributed by atoms with Crippen molar-refractivity contribution in [3.05, 3.63) is 30.5 Å². The van der Waals surface area contributed by atoms with Crippen molar-refractivity contribution in [3.63, 3.8) is 0 Å². The summed E-state index contributed by atoms with van der Waals surface area (Å²) in [7, 11) is 0. The Labute approximate surface area is 124 Å². The van der Waals surface area contributed by atoms with E-state index < -0.39 is 0 Å². The zero-order valence-electron chi connectivity index (χ0n) is 12.2. The second-order valence-corrected chi connectivity index (χ2v) is 6.26. The molecular weight excluding hydrogens is 264 g/mol. The Morgan fingerprint density at radius 2 is 1.95 bits per heavy atom. The first-order valence-corrected chi connectivity index (χ1v) is 7.96. The Bertz CT molecular complexity index is 616. The van der Waals surface area contributed by atoms with Gasteiger partial charge in [0, 0.05) is 36.2 Å². The fourth-order valence-electron chi connectivity index (χ4n) is 3.55. The highest BCUT2D eigenvalue weighted by atomic mass is 16.5. The average Bonchev–Trinajstić information content (AvgIpc) is 2.97. The van der Waals surface area contributed by atoms with Gasteiger partial charge in [-0.1, -0.05) is 6.07 Å². The number of ether oxygens (including phenoxy) is 1. The maximum Gasteiger partial charge on any atom is 0.129 e. The molecule has 2 aliphatic rings. The largest absolute Gasteiger partial charge is 0.490 e. The number of piperidine rings is 1. The Kier molecular flexibility index (Phi) is 3.36. The van der Waals surface area contributed by atoms with Gasteiger partial charge in [-0.15, -0.1) is 0 Å². The zero-order valence-corrected chi connectivity index (χ0v) is 12.2. The topological polar surface area (TPSA) is 48.5 Å². The molecule has 1 saturated heterocycles. The first-order chi connectivity index (χ1) is 10.3. The summed E-state index contributed by atoms with van der Waals surface area (Å²) in [5, 5.41) is 10.9. The molecule has 4 rings (SSSR count). The minimum Gasteiger partial charge on any atom is -0.490 e. The van der Waals surface area contributed by atoms with E-state index >= 15 is 0 Å². The van der Waals surface area contributed by atoms with Gasteiger partial charge in [-0.2, -0.15) is 0 Å². The van der Waals surface area contributed by atoms with Crippen LogP contribution in [0, 0.1) is 0 Å². The normalized spacial score (nSPS) is 27.7. The van der Waals surface area contributed by atoms with Crippen molar-refractivity contribution in [2.24, 2.45) is 0 Å². The van der Waals surface area contributed by atoms with Crippen LogP contribution >= 0.6 is 0 Å². The highest BCUT2D eigenvalue weighted by Gasteiger charge is 2.36. The number of benzene rings is 1. The summed E-state index contributed by atoms with van der Waals surface area (Å²) in [6.45, 7) is 2.07. The van der Waals surface area contributed by atoms with Crippen molar-refractivity contribution in [2.75, 3.05) is 13.1 Å². The fourth-order valence-corrected chi connectivity index (χ4v) is 3.55. The number of nitrogens with one attached hydrogen (secondary N) is 1. The smallest absolute Gasteiger partial charge is 0.129 e. The molecule has 2 atom stereocenters. The highest BCUT2D eigenvalue weighted by Crippen LogP contribution is 2.31. The van der Waals surface area contributed by atoms with Gasteiger partial charge in [0.1, 0.15) is 11.9 Å². The molecule has 4 nitrogen and oxygen atoms in total. The summed E-state index contributed by atoms with van der Waals surface area (Å²) in [6.07, 6.45) is 6.35. The standard InChI is InChI=1S/C17H22N2O2/c20-16-5-4-15(16)19-10-7-12(8-11-19)21-17-3-1-2-14-13(17)6-9-18-14/h1-3,6,9,12,15-16,18,20H,4-5,7-8,10-11H2. The molecule has 0 spiro atoms. The third kappa shape index (κ3) is 2.43. The van der Waals surface area contributed by atoms with Crippen LogP contribution in [0.5, 0.6) is 5.75 Å². The molecule has 2 heterocycles. The third-order valence-corrected chi connectivity index (χ3v) is 5.00. The molecule has 21 heavy (non-hydrogen) atoms. The number of aliphatic hydroxyl groups is 1. The Balaban J connectivity index is 1.39. The van der Waals surface area contributed by atoms with Crippen molar-refractivity contribution < 1.29 is 9.84 Å². The molecule has 2 unspecified atom stereocenters. The number of fused-ring (bicyclic) bond motifs is 1. The Morgan fingerprint density at radius 3 is 2.67 bits per heavy atom. The van der Waals surface area contributed by atoms with E-state index in [2.05, 4.69) is 28.1 Å². The number of H-pyrrole nitrogens is 1. The first-order valence-electron chi connectivity index (χ1n) is 7.96. The van der Waals surface area contributed by atoms with Crippen molar-refractivity contribution in [1.82, 2.24) is 9.88 Å². The van der Waals surface area contributed by atoms with Crippen molar-refractivity contribution in [1.29, 1.82) is 0 Å². The fraction of sp³-hybridized carbons (Fsp3) is 0.529. The lowest BCUT2D eigenvalue weighted by atomic mass is 9.86. The molecule has 0 bridgehead atoms. The van der Waals surface area contributed by atoms with Gasteiger partial charge >= 0.3 is 0 Å². The van der Waals surface area contributed by atoms with E-state index in [1.807, 2.05) is 12.3 Å². The van der Waals surface area contributed by atoms with Crippen LogP contribution in [0.25, 0.3) is 10.9 Å². The molecular formula is C17H22N2O2. The second kappa shape index (κ2) is 5.35. The van der Waals surface area contributed by atoms with Crippen LogP contribution in [0.3, 0.4) is 0 Å². The van der Waals surface area contributed by atoms with E-state index in [0.717, 1.165) is 55.4 Å². The molecule has 2 aromatic rings. The van der Waals surface area contributed by atoms with Crippen molar-refractivity contribution in [3.8, 4) is 5.75 Å². The van der Waals surface area contributed by atoms with Gasteiger partial charge in [-0.25, -0.2) is 0 Å². The molecule has 1 aliphatic carbocycles. The van der Waals surface area contributed by atoms with E-state index in [-0.39, 0.29) is 6.10 Å². The molecule has 2 N–H and O–H groups in total. The third-order valence-electron chi connectivity index (χ3n) is 5.00. The quantitative estimate of drug-likeness (QED) is 0.911. The molecule has 1 aliphatic heterocycles. The van der Waals surface area contributed by atoms with Crippen LogP contribution in [-0.2, 0) is 0 Å². The van der Waals surface area contributed by atoms with Crippen LogP contribution in [0.2, 0.25) is 0 Å². The van der Waals surface area contributed by atoms with E-state index in [9.17, 15) is 5.11 Å². The first kappa shape index (κ1) is 13.2. The van der Waals surface area contributed by atoms with E-state index in [1.165, 1.54) is 0 Å². The molecule has 0 amide bonds. The minimum absolute atomic E-state index is 0.101. The average molecular weight is 286 g/mol. The monoisotopic (exact) mass is 286 g/mol. The predicted octanol–water partition coefficient (Wildman–Crippen LogP) is 2.53. The van der Waals surface area contributed by atoms with Gasteiger partial charge in [-0.3, -0.25) is 4.90 Å². The molecule has 4 heteroatoms. The Hall–Kier alpha value is -1.52. The van der Waals surface area contributed by atoms with E-state index in [4.69, 9.17) is 4.74 Å². The SMILES string of the molecule is OC1CCC1N1CCC(Oc2cccc3[nH]ccc23)CC1. The van der Waals surface area contributed by atoms with E-state index in [1.54, 1.807) is 0 Å². The van der Waals surface area contributed by atoms with Crippen LogP contribution in [0.1, 0.15) is 25.7 Å². The lowest BCUT2D eigenvalue weighted by Gasteiger charge is -2.44. The summed E-state index contributed by atoms with van der Waals surface area (Å²) >= 11 is 0. The van der Waals surface area contributed by atoms with Crippen molar-refractivity contribution in [2.45, 2.75) is 43.9 Å². The van der Waals surface area contributed by atoms with Gasteiger partial charge < -0.3 is 14.8 Å². The second-order valence-electron chi connectivity index (χ2n) is 6.26. The summed E-state index contributed by atoms with van der Waals surface area (Å²) < 4.78 is 6.22. The van der Waals surface area contributed by atoms with Crippen LogP contribution in [-0.4, -0.2) is 46.3 Å². The minimum atomic E-state index is -0.101. The molecule has 1 saturated carbocycles. The van der Waals surface area contributed by atoms with E-state index in [0.29, 0.717) is 12.1 Å². The number of hydrogen-bond donors (Lipinski definition) is 2. The number of aromatic amines is 1. The lowest BCUT2D eigenvalue weighted by molar-refractivity contribution is -0.0406. The number of aliphatic hydroxyl groups excluding tert-OH is 1. The maximum absolute atomic E-state index is 9.78. The highest BCUT2D eigenvalue weighted by molar-refractivity contribution is 5.85. The zero-order chi connectivity index (χ0) is 14.2. The molecule has 1 aromatic heterocycles. The predicted molar refractivity (Wildman–Crippen MR) is 82.6 cm³/mol. The van der Waals surface area contributed by atoms with Gasteiger partial charge in [-0.05, 0) is 43.9 Å². The van der Waals surface area contributed by atoms with Crippen LogP contribution in [0.15, 0.2) is 30.5 Å². The number of aromatic nitrogens is 1. The van der Waals surface area contributed by atoms with Crippen LogP contribution in [0.4, 0.5) is 0 Å². The number of likely N-dealkylation sites (tertiary alicyclic amines) is 1. The molecule has 2 fully saturated rings. The Morgan fingerprint density at radius 1 is 1.10 bits per heavy atom. The van der Waals surface area contributed by atoms with Gasteiger partial charge in [0.25, 0.3) is 0 Å². The summed E-state index contributed by atoms with van der Waals surface area (Å²) in [4.78, 5) is 5.66. The number of hydrogen-bond acceptors (Lipinski definition) is 3. The lowest BCUT2D eigenvalue weighted by Crippen LogP contribution is -2.54. The summed E-state index contributed by atoms with van der Waals surface area (Å²) in [5.74, 6) is 0.982.